The predicted molar refractivity (Wildman–Crippen MR) is 79.7 cm³/mol. The Morgan fingerprint density at radius 2 is 1.78 bits per heavy atom. The first-order chi connectivity index (χ1) is 8.77. The van der Waals surface area contributed by atoms with Crippen LogP contribution in [0.2, 0.25) is 0 Å². The van der Waals surface area contributed by atoms with Gasteiger partial charge >= 0.3 is 0 Å². The van der Waals surface area contributed by atoms with Crippen LogP contribution in [0.15, 0.2) is 24.3 Å². The Labute approximate surface area is 112 Å². The molecule has 0 spiro atoms. The van der Waals surface area contributed by atoms with Gasteiger partial charge in [0.25, 0.3) is 0 Å². The van der Waals surface area contributed by atoms with Crippen molar-refractivity contribution in [2.75, 3.05) is 20.1 Å². The molecule has 0 saturated carbocycles. The average molecular weight is 248 g/mol. The Morgan fingerprint density at radius 1 is 1.06 bits per heavy atom. The molecule has 0 amide bonds. The van der Waals surface area contributed by atoms with Gasteiger partial charge in [0, 0.05) is 13.1 Å². The van der Waals surface area contributed by atoms with E-state index in [2.05, 4.69) is 55.4 Å². The van der Waals surface area contributed by atoms with Gasteiger partial charge in [0.1, 0.15) is 0 Å². The molecule has 0 aliphatic carbocycles. The van der Waals surface area contributed by atoms with Gasteiger partial charge in [-0.1, -0.05) is 51.0 Å². The fourth-order valence-corrected chi connectivity index (χ4v) is 2.15. The van der Waals surface area contributed by atoms with Gasteiger partial charge in [-0.3, -0.25) is 0 Å². The van der Waals surface area contributed by atoms with E-state index in [1.165, 1.54) is 36.9 Å². The van der Waals surface area contributed by atoms with Crippen LogP contribution in [0, 0.1) is 0 Å². The SMILES string of the molecule is CCCCCN(C)Cc1ccccc1CNCC. The van der Waals surface area contributed by atoms with Gasteiger partial charge in [-0.05, 0) is 37.7 Å². The Bertz CT molecular complexity index is 323. The molecule has 0 saturated heterocycles. The van der Waals surface area contributed by atoms with Gasteiger partial charge in [0.05, 0.1) is 0 Å². The lowest BCUT2D eigenvalue weighted by molar-refractivity contribution is 0.317. The van der Waals surface area contributed by atoms with Crippen LogP contribution in [0.3, 0.4) is 0 Å². The van der Waals surface area contributed by atoms with E-state index >= 15 is 0 Å². The van der Waals surface area contributed by atoms with E-state index in [-0.39, 0.29) is 0 Å². The highest BCUT2D eigenvalue weighted by atomic mass is 15.1. The van der Waals surface area contributed by atoms with E-state index in [9.17, 15) is 0 Å². The average Bonchev–Trinajstić information content (AvgIpc) is 2.38. The van der Waals surface area contributed by atoms with Crippen molar-refractivity contribution < 1.29 is 0 Å². The molecule has 1 N–H and O–H groups in total. The van der Waals surface area contributed by atoms with Gasteiger partial charge in [0.2, 0.25) is 0 Å². The third-order valence-electron chi connectivity index (χ3n) is 3.27. The first-order valence-corrected chi connectivity index (χ1v) is 7.24. The van der Waals surface area contributed by atoms with Crippen LogP contribution in [0.4, 0.5) is 0 Å². The van der Waals surface area contributed by atoms with Crippen molar-refractivity contribution in [2.24, 2.45) is 0 Å². The van der Waals surface area contributed by atoms with Crippen molar-refractivity contribution in [3.05, 3.63) is 35.4 Å². The zero-order valence-corrected chi connectivity index (χ0v) is 12.2. The van der Waals surface area contributed by atoms with Crippen LogP contribution in [-0.2, 0) is 13.1 Å². The topological polar surface area (TPSA) is 15.3 Å². The van der Waals surface area contributed by atoms with Gasteiger partial charge < -0.3 is 10.2 Å². The molecular formula is C16H28N2. The van der Waals surface area contributed by atoms with Gasteiger partial charge in [0.15, 0.2) is 0 Å². The molecule has 0 radical (unpaired) electrons. The van der Waals surface area contributed by atoms with Gasteiger partial charge in [-0.2, -0.15) is 0 Å². The zero-order chi connectivity index (χ0) is 13.2. The number of unbranched alkanes of at least 4 members (excludes halogenated alkanes) is 2. The number of nitrogens with zero attached hydrogens (tertiary/aromatic N) is 1. The molecule has 102 valence electrons. The first-order valence-electron chi connectivity index (χ1n) is 7.24. The smallest absolute Gasteiger partial charge is 0.0233 e. The highest BCUT2D eigenvalue weighted by Crippen LogP contribution is 2.11. The first kappa shape index (κ1) is 15.2. The van der Waals surface area contributed by atoms with E-state index in [1.54, 1.807) is 0 Å². The summed E-state index contributed by atoms with van der Waals surface area (Å²) in [6, 6.07) is 8.76. The molecule has 0 heterocycles. The number of nitrogens with one attached hydrogen (secondary N) is 1. The highest BCUT2D eigenvalue weighted by molar-refractivity contribution is 5.26. The van der Waals surface area contributed by atoms with E-state index in [0.29, 0.717) is 0 Å². The van der Waals surface area contributed by atoms with Crippen LogP contribution in [-0.4, -0.2) is 25.0 Å². The number of benzene rings is 1. The van der Waals surface area contributed by atoms with E-state index in [0.717, 1.165) is 19.6 Å². The third kappa shape index (κ3) is 5.65. The Kier molecular flexibility index (Phi) is 7.70. The van der Waals surface area contributed by atoms with Crippen molar-refractivity contribution >= 4 is 0 Å². The highest BCUT2D eigenvalue weighted by Gasteiger charge is 2.04. The fourth-order valence-electron chi connectivity index (χ4n) is 2.15. The molecule has 0 unspecified atom stereocenters. The van der Waals surface area contributed by atoms with E-state index in [1.807, 2.05) is 0 Å². The molecule has 1 aromatic carbocycles. The van der Waals surface area contributed by atoms with Crippen molar-refractivity contribution in [2.45, 2.75) is 46.2 Å². The lowest BCUT2D eigenvalue weighted by atomic mass is 10.1. The Balaban J connectivity index is 2.49. The monoisotopic (exact) mass is 248 g/mol. The summed E-state index contributed by atoms with van der Waals surface area (Å²) in [7, 11) is 2.22. The fraction of sp³-hybridized carbons (Fsp3) is 0.625. The van der Waals surface area contributed by atoms with Crippen LogP contribution < -0.4 is 5.32 Å². The molecule has 0 aliphatic heterocycles. The number of hydrogen-bond donors (Lipinski definition) is 1. The molecule has 2 nitrogen and oxygen atoms in total. The largest absolute Gasteiger partial charge is 0.313 e. The summed E-state index contributed by atoms with van der Waals surface area (Å²) in [5.74, 6) is 0. The second-order valence-corrected chi connectivity index (χ2v) is 4.99. The molecular weight excluding hydrogens is 220 g/mol. The van der Waals surface area contributed by atoms with Crippen molar-refractivity contribution in [1.29, 1.82) is 0 Å². The van der Waals surface area contributed by atoms with Crippen LogP contribution in [0.5, 0.6) is 0 Å². The molecule has 18 heavy (non-hydrogen) atoms. The lowest BCUT2D eigenvalue weighted by Gasteiger charge is -2.19. The quantitative estimate of drug-likeness (QED) is 0.674. The summed E-state index contributed by atoms with van der Waals surface area (Å²) in [6.45, 7) is 8.68. The molecule has 0 aliphatic rings. The molecule has 0 fully saturated rings. The van der Waals surface area contributed by atoms with Gasteiger partial charge in [-0.15, -0.1) is 0 Å². The summed E-state index contributed by atoms with van der Waals surface area (Å²) in [5, 5.41) is 3.41. The maximum Gasteiger partial charge on any atom is 0.0233 e. The van der Waals surface area contributed by atoms with Crippen LogP contribution >= 0.6 is 0 Å². The lowest BCUT2D eigenvalue weighted by Crippen LogP contribution is -2.21. The standard InChI is InChI=1S/C16H28N2/c1-4-6-9-12-18(3)14-16-11-8-7-10-15(16)13-17-5-2/h7-8,10-11,17H,4-6,9,12-14H2,1-3H3. The summed E-state index contributed by atoms with van der Waals surface area (Å²) in [6.07, 6.45) is 3.94. The minimum atomic E-state index is 0.982. The summed E-state index contributed by atoms with van der Waals surface area (Å²) < 4.78 is 0. The molecule has 0 aromatic heterocycles. The van der Waals surface area contributed by atoms with Crippen LogP contribution in [0.1, 0.15) is 44.2 Å². The number of hydrogen-bond acceptors (Lipinski definition) is 2. The molecule has 1 aromatic rings. The predicted octanol–water partition coefficient (Wildman–Crippen LogP) is 3.42. The molecule has 1 rings (SSSR count). The minimum absolute atomic E-state index is 0.982. The summed E-state index contributed by atoms with van der Waals surface area (Å²) in [5.41, 5.74) is 2.89. The summed E-state index contributed by atoms with van der Waals surface area (Å²) in [4.78, 5) is 2.43. The molecule has 0 atom stereocenters. The van der Waals surface area contributed by atoms with Crippen molar-refractivity contribution in [3.8, 4) is 0 Å². The van der Waals surface area contributed by atoms with Gasteiger partial charge in [-0.25, -0.2) is 0 Å². The zero-order valence-electron chi connectivity index (χ0n) is 12.2. The second kappa shape index (κ2) is 9.12. The minimum Gasteiger partial charge on any atom is -0.313 e. The van der Waals surface area contributed by atoms with E-state index in [4.69, 9.17) is 0 Å². The third-order valence-corrected chi connectivity index (χ3v) is 3.27. The Hall–Kier alpha value is -0.860. The maximum absolute atomic E-state index is 3.41. The normalized spacial score (nSPS) is 11.1. The second-order valence-electron chi connectivity index (χ2n) is 4.99. The Morgan fingerprint density at radius 3 is 2.44 bits per heavy atom. The molecule has 2 heteroatoms. The van der Waals surface area contributed by atoms with Crippen LogP contribution in [0.25, 0.3) is 0 Å². The van der Waals surface area contributed by atoms with E-state index < -0.39 is 0 Å². The maximum atomic E-state index is 3.41. The number of rotatable bonds is 9. The van der Waals surface area contributed by atoms with Crippen molar-refractivity contribution in [1.82, 2.24) is 10.2 Å². The summed E-state index contributed by atoms with van der Waals surface area (Å²) >= 11 is 0. The van der Waals surface area contributed by atoms with Crippen molar-refractivity contribution in [3.63, 3.8) is 0 Å². The molecule has 0 bridgehead atoms.